The summed E-state index contributed by atoms with van der Waals surface area (Å²) in [6.45, 7) is 2.12. The summed E-state index contributed by atoms with van der Waals surface area (Å²) in [6.07, 6.45) is 2.07. The van der Waals surface area contributed by atoms with Crippen LogP contribution in [0.4, 0.5) is 0 Å². The van der Waals surface area contributed by atoms with Gasteiger partial charge in [0.25, 0.3) is 0 Å². The Hall–Kier alpha value is 0.110. The van der Waals surface area contributed by atoms with Crippen molar-refractivity contribution >= 4 is 7.44 Å². The zero-order chi connectivity index (χ0) is 10.8. The third kappa shape index (κ3) is 2.37. The average molecular weight is 219 g/mol. The van der Waals surface area contributed by atoms with Crippen molar-refractivity contribution in [3.63, 3.8) is 0 Å². The fourth-order valence-electron chi connectivity index (χ4n) is 2.05. The molecule has 0 aromatic carbocycles. The van der Waals surface area contributed by atoms with Crippen molar-refractivity contribution < 1.29 is 4.57 Å². The summed E-state index contributed by atoms with van der Waals surface area (Å²) < 4.78 is 14.4. The number of hydrogen-bond acceptors (Lipinski definition) is 2. The van der Waals surface area contributed by atoms with Crippen LogP contribution in [0.5, 0.6) is 0 Å². The topological polar surface area (TPSA) is 35.6 Å². The molecule has 0 saturated carbocycles. The molecular formula is C9H22N3OP. The van der Waals surface area contributed by atoms with Crippen molar-refractivity contribution in [3.8, 4) is 0 Å². The summed E-state index contributed by atoms with van der Waals surface area (Å²) in [6, 6.07) is 0. The first-order valence-electron chi connectivity index (χ1n) is 5.15. The molecule has 1 rings (SSSR count). The van der Waals surface area contributed by atoms with Gasteiger partial charge in [0.15, 0.2) is 0 Å². The van der Waals surface area contributed by atoms with Crippen molar-refractivity contribution in [1.82, 2.24) is 14.7 Å². The Labute approximate surface area is 87.1 Å². The molecule has 1 aliphatic rings. The molecule has 5 heteroatoms. The molecule has 1 fully saturated rings. The third-order valence-electron chi connectivity index (χ3n) is 3.10. The lowest BCUT2D eigenvalue weighted by molar-refractivity contribution is 0.273. The molecule has 0 spiro atoms. The molecule has 0 aromatic heterocycles. The van der Waals surface area contributed by atoms with Crippen LogP contribution in [-0.4, -0.2) is 56.5 Å². The van der Waals surface area contributed by atoms with E-state index in [1.807, 2.05) is 18.8 Å². The van der Waals surface area contributed by atoms with Gasteiger partial charge in [0.05, 0.1) is 0 Å². The molecule has 14 heavy (non-hydrogen) atoms. The Morgan fingerprint density at radius 1 is 1.36 bits per heavy atom. The van der Waals surface area contributed by atoms with Crippen LogP contribution in [0, 0.1) is 0 Å². The van der Waals surface area contributed by atoms with E-state index in [1.54, 1.807) is 7.05 Å². The highest BCUT2D eigenvalue weighted by Crippen LogP contribution is 2.51. The van der Waals surface area contributed by atoms with E-state index < -0.39 is 7.44 Å². The van der Waals surface area contributed by atoms with E-state index in [2.05, 4.69) is 17.0 Å². The minimum absolute atomic E-state index is 0.318. The Morgan fingerprint density at radius 3 is 2.21 bits per heavy atom. The molecule has 0 aromatic rings. The van der Waals surface area contributed by atoms with Crippen molar-refractivity contribution in [3.05, 3.63) is 0 Å². The molecule has 1 saturated heterocycles. The van der Waals surface area contributed by atoms with Gasteiger partial charge in [-0.1, -0.05) is 0 Å². The number of nitrogens with one attached hydrogen (secondary N) is 1. The molecule has 1 heterocycles. The molecule has 4 nitrogen and oxygen atoms in total. The van der Waals surface area contributed by atoms with Gasteiger partial charge in [-0.3, -0.25) is 9.65 Å². The number of nitrogens with zero attached hydrogens (tertiary/aromatic N) is 2. The summed E-state index contributed by atoms with van der Waals surface area (Å²) in [5.41, 5.74) is 0.318. The Bertz CT molecular complexity index is 224. The van der Waals surface area contributed by atoms with Gasteiger partial charge in [-0.25, -0.2) is 4.67 Å². The largest absolute Gasteiger partial charge is 0.306 e. The first kappa shape index (κ1) is 12.2. The zero-order valence-corrected chi connectivity index (χ0v) is 10.6. The van der Waals surface area contributed by atoms with Crippen LogP contribution in [0.25, 0.3) is 0 Å². The second kappa shape index (κ2) is 4.75. The molecule has 1 N–H and O–H groups in total. The first-order valence-corrected chi connectivity index (χ1v) is 6.88. The van der Waals surface area contributed by atoms with Crippen LogP contribution in [-0.2, 0) is 4.57 Å². The lowest BCUT2D eigenvalue weighted by Gasteiger charge is -2.36. The molecule has 0 bridgehead atoms. The summed E-state index contributed by atoms with van der Waals surface area (Å²) in [7, 11) is 5.41. The van der Waals surface area contributed by atoms with Gasteiger partial charge in [-0.05, 0) is 54.1 Å². The molecule has 0 aliphatic carbocycles. The summed E-state index contributed by atoms with van der Waals surface area (Å²) in [5.74, 6) is 0. The van der Waals surface area contributed by atoms with Gasteiger partial charge >= 0.3 is 0 Å². The van der Waals surface area contributed by atoms with E-state index in [0.717, 1.165) is 25.9 Å². The van der Waals surface area contributed by atoms with Crippen LogP contribution in [0.3, 0.4) is 0 Å². The third-order valence-corrected chi connectivity index (χ3v) is 6.43. The number of rotatable bonds is 3. The average Bonchev–Trinajstić information content (AvgIpc) is 2.17. The number of likely N-dealkylation sites (tertiary alicyclic amines) is 1. The van der Waals surface area contributed by atoms with E-state index in [9.17, 15) is 4.57 Å². The van der Waals surface area contributed by atoms with Crippen LogP contribution in [0.1, 0.15) is 12.8 Å². The van der Waals surface area contributed by atoms with Crippen molar-refractivity contribution in [1.29, 1.82) is 0 Å². The fourth-order valence-corrected chi connectivity index (χ4v) is 4.40. The van der Waals surface area contributed by atoms with E-state index >= 15 is 0 Å². The maximum absolute atomic E-state index is 12.5. The maximum Gasteiger partial charge on any atom is 0.216 e. The smallest absolute Gasteiger partial charge is 0.216 e. The Balaban J connectivity index is 2.67. The molecule has 0 amide bonds. The fraction of sp³-hybridized carbons (Fsp3) is 1.00. The summed E-state index contributed by atoms with van der Waals surface area (Å²) in [4.78, 5) is 2.30. The van der Waals surface area contributed by atoms with Gasteiger partial charge in [0.2, 0.25) is 7.44 Å². The highest BCUT2D eigenvalue weighted by molar-refractivity contribution is 7.60. The minimum atomic E-state index is -2.32. The molecule has 1 aliphatic heterocycles. The zero-order valence-electron chi connectivity index (χ0n) is 9.66. The van der Waals surface area contributed by atoms with Gasteiger partial charge in [-0.2, -0.15) is 0 Å². The molecule has 0 radical (unpaired) electrons. The highest BCUT2D eigenvalue weighted by Gasteiger charge is 2.35. The molecule has 1 unspecified atom stereocenters. The van der Waals surface area contributed by atoms with Gasteiger partial charge in [0.1, 0.15) is 0 Å². The van der Waals surface area contributed by atoms with Crippen LogP contribution < -0.4 is 5.09 Å². The second-order valence-corrected chi connectivity index (χ2v) is 7.45. The maximum atomic E-state index is 12.5. The van der Waals surface area contributed by atoms with Crippen LogP contribution in [0.2, 0.25) is 0 Å². The lowest BCUT2D eigenvalue weighted by Crippen LogP contribution is -2.37. The number of hydrogen-bond donors (Lipinski definition) is 1. The van der Waals surface area contributed by atoms with E-state index in [1.165, 1.54) is 0 Å². The van der Waals surface area contributed by atoms with Gasteiger partial charge in [-0.15, -0.1) is 0 Å². The summed E-state index contributed by atoms with van der Waals surface area (Å²) in [5, 5.41) is 3.03. The van der Waals surface area contributed by atoms with E-state index in [4.69, 9.17) is 0 Å². The molecular weight excluding hydrogens is 197 g/mol. The predicted octanol–water partition coefficient (Wildman–Crippen LogP) is 1.05. The predicted molar refractivity (Wildman–Crippen MR) is 60.9 cm³/mol. The summed E-state index contributed by atoms with van der Waals surface area (Å²) >= 11 is 0. The normalized spacial score (nSPS) is 25.2. The molecule has 84 valence electrons. The second-order valence-electron chi connectivity index (χ2n) is 4.23. The van der Waals surface area contributed by atoms with Gasteiger partial charge < -0.3 is 4.90 Å². The van der Waals surface area contributed by atoms with Gasteiger partial charge in [0, 0.05) is 5.66 Å². The standard InChI is InChI=1S/C9H22N3OP/c1-10-14(13,11(2)3)9-5-7-12(4)8-6-9/h9H,5-8H2,1-4H3,(H,10,13). The van der Waals surface area contributed by atoms with Crippen molar-refractivity contribution in [2.24, 2.45) is 0 Å². The minimum Gasteiger partial charge on any atom is -0.306 e. The SMILES string of the molecule is CNP(=O)(C1CCN(C)CC1)N(C)C. The van der Waals surface area contributed by atoms with E-state index in [0.29, 0.717) is 5.66 Å². The monoisotopic (exact) mass is 219 g/mol. The van der Waals surface area contributed by atoms with Crippen LogP contribution in [0.15, 0.2) is 0 Å². The van der Waals surface area contributed by atoms with Crippen molar-refractivity contribution in [2.45, 2.75) is 18.5 Å². The molecule has 1 atom stereocenters. The highest BCUT2D eigenvalue weighted by atomic mass is 31.2. The van der Waals surface area contributed by atoms with Crippen molar-refractivity contribution in [2.75, 3.05) is 41.3 Å². The van der Waals surface area contributed by atoms with Crippen LogP contribution >= 0.6 is 7.44 Å². The quantitative estimate of drug-likeness (QED) is 0.720. The Morgan fingerprint density at radius 2 is 1.86 bits per heavy atom. The van der Waals surface area contributed by atoms with E-state index in [-0.39, 0.29) is 0 Å². The lowest BCUT2D eigenvalue weighted by atomic mass is 10.1. The Kier molecular flexibility index (Phi) is 4.14. The first-order chi connectivity index (χ1) is 6.50. The number of piperidine rings is 1.